The smallest absolute Gasteiger partial charge is 0.192 e. The van der Waals surface area contributed by atoms with Crippen LogP contribution in [0.4, 0.5) is 0 Å². The van der Waals surface area contributed by atoms with E-state index < -0.39 is 0 Å². The quantitative estimate of drug-likeness (QED) is 0.228. The lowest BCUT2D eigenvalue weighted by Crippen LogP contribution is -2.41. The lowest BCUT2D eigenvalue weighted by molar-refractivity contribution is 0.261. The first kappa shape index (κ1) is 25.1. The molecule has 0 radical (unpaired) electrons. The number of benzene rings is 2. The fourth-order valence-electron chi connectivity index (χ4n) is 4.02. The molecule has 0 saturated carbocycles. The van der Waals surface area contributed by atoms with Crippen LogP contribution in [0.15, 0.2) is 76.3 Å². The number of fused-ring (bicyclic) bond motifs is 1. The summed E-state index contributed by atoms with van der Waals surface area (Å²) < 4.78 is 11.3. The Bertz CT molecular complexity index is 1020. The average Bonchev–Trinajstić information content (AvgIpc) is 3.31. The lowest BCUT2D eigenvalue weighted by atomic mass is 10.0. The molecule has 1 aliphatic heterocycles. The van der Waals surface area contributed by atoms with Crippen LogP contribution in [0.25, 0.3) is 0 Å². The van der Waals surface area contributed by atoms with Crippen molar-refractivity contribution in [2.45, 2.75) is 39.0 Å². The standard InChI is InChI=1S/C26H32N4O2.HI/c1-3-27-26(29-24-14-16-32-25-13-7-6-12-23(24)25)28-17-20-9-4-5-10-21(20)18-30(2)19-22-11-8-15-31-22;/h4-13,15,24H,3,14,16-19H2,1-2H3,(H2,27,28,29);1H. The van der Waals surface area contributed by atoms with E-state index in [9.17, 15) is 0 Å². The molecule has 0 bridgehead atoms. The van der Waals surface area contributed by atoms with Crippen molar-refractivity contribution in [3.05, 3.63) is 89.4 Å². The number of nitrogens with one attached hydrogen (secondary N) is 2. The van der Waals surface area contributed by atoms with Gasteiger partial charge >= 0.3 is 0 Å². The summed E-state index contributed by atoms with van der Waals surface area (Å²) in [6, 6.07) is 20.9. The SMILES string of the molecule is CCNC(=NCc1ccccc1CN(C)Cc1ccco1)NC1CCOc2ccccc21.I. The minimum atomic E-state index is 0. The molecule has 3 aromatic rings. The highest BCUT2D eigenvalue weighted by molar-refractivity contribution is 14.0. The molecule has 1 atom stereocenters. The molecule has 1 aromatic heterocycles. The molecule has 0 fully saturated rings. The third-order valence-corrected chi connectivity index (χ3v) is 5.59. The van der Waals surface area contributed by atoms with Gasteiger partial charge < -0.3 is 19.8 Å². The maximum atomic E-state index is 5.80. The predicted molar refractivity (Wildman–Crippen MR) is 143 cm³/mol. The Morgan fingerprint density at radius 3 is 2.61 bits per heavy atom. The monoisotopic (exact) mass is 560 g/mol. The Balaban J connectivity index is 0.00000306. The van der Waals surface area contributed by atoms with Crippen LogP contribution in [-0.2, 0) is 19.6 Å². The van der Waals surface area contributed by atoms with Crippen LogP contribution in [-0.4, -0.2) is 31.1 Å². The van der Waals surface area contributed by atoms with Gasteiger partial charge in [-0.15, -0.1) is 24.0 Å². The van der Waals surface area contributed by atoms with Crippen molar-refractivity contribution >= 4 is 29.9 Å². The topological polar surface area (TPSA) is 62.0 Å². The number of furan rings is 1. The van der Waals surface area contributed by atoms with Crippen LogP contribution in [0.5, 0.6) is 5.75 Å². The summed E-state index contributed by atoms with van der Waals surface area (Å²) in [5.41, 5.74) is 3.69. The van der Waals surface area contributed by atoms with E-state index in [1.807, 2.05) is 24.3 Å². The van der Waals surface area contributed by atoms with Gasteiger partial charge in [-0.2, -0.15) is 0 Å². The number of nitrogens with zero attached hydrogens (tertiary/aromatic N) is 2. The normalized spacial score (nSPS) is 15.4. The molecule has 2 N–H and O–H groups in total. The van der Waals surface area contributed by atoms with Gasteiger partial charge in [-0.3, -0.25) is 4.90 Å². The summed E-state index contributed by atoms with van der Waals surface area (Å²) in [7, 11) is 2.11. The maximum Gasteiger partial charge on any atom is 0.192 e. The molecule has 6 nitrogen and oxygen atoms in total. The van der Waals surface area contributed by atoms with E-state index in [1.54, 1.807) is 6.26 Å². The summed E-state index contributed by atoms with van der Waals surface area (Å²) in [6.45, 7) is 5.84. The van der Waals surface area contributed by atoms with E-state index in [0.29, 0.717) is 13.2 Å². The average molecular weight is 560 g/mol. The van der Waals surface area contributed by atoms with Gasteiger partial charge in [-0.05, 0) is 43.3 Å². The highest BCUT2D eigenvalue weighted by Crippen LogP contribution is 2.31. The number of aliphatic imine (C=N–C) groups is 1. The lowest BCUT2D eigenvalue weighted by Gasteiger charge is -2.28. The summed E-state index contributed by atoms with van der Waals surface area (Å²) in [6.07, 6.45) is 2.63. The number of para-hydroxylation sites is 1. The van der Waals surface area contributed by atoms with E-state index in [1.165, 1.54) is 16.7 Å². The zero-order chi connectivity index (χ0) is 22.2. The fraction of sp³-hybridized carbons (Fsp3) is 0.346. The van der Waals surface area contributed by atoms with Crippen LogP contribution in [0.1, 0.15) is 41.8 Å². The second kappa shape index (κ2) is 12.6. The first-order chi connectivity index (χ1) is 15.7. The molecule has 0 spiro atoms. The first-order valence-corrected chi connectivity index (χ1v) is 11.3. The van der Waals surface area contributed by atoms with Crippen molar-refractivity contribution in [1.29, 1.82) is 0 Å². The van der Waals surface area contributed by atoms with Gasteiger partial charge in [0, 0.05) is 25.1 Å². The number of hydrogen-bond acceptors (Lipinski definition) is 4. The molecule has 0 aliphatic carbocycles. The van der Waals surface area contributed by atoms with E-state index in [-0.39, 0.29) is 30.0 Å². The Labute approximate surface area is 213 Å². The van der Waals surface area contributed by atoms with E-state index in [2.05, 4.69) is 65.9 Å². The van der Waals surface area contributed by atoms with E-state index in [0.717, 1.165) is 43.5 Å². The van der Waals surface area contributed by atoms with Crippen molar-refractivity contribution in [3.8, 4) is 5.75 Å². The zero-order valence-corrected chi connectivity index (χ0v) is 21.6. The van der Waals surface area contributed by atoms with Crippen LogP contribution in [0.3, 0.4) is 0 Å². The second-order valence-corrected chi connectivity index (χ2v) is 8.09. The Kier molecular flexibility index (Phi) is 9.62. The summed E-state index contributed by atoms with van der Waals surface area (Å²) >= 11 is 0. The van der Waals surface area contributed by atoms with Gasteiger partial charge in [-0.25, -0.2) is 4.99 Å². The molecule has 2 heterocycles. The number of ether oxygens (including phenoxy) is 1. The van der Waals surface area contributed by atoms with Crippen LogP contribution >= 0.6 is 24.0 Å². The predicted octanol–water partition coefficient (Wildman–Crippen LogP) is 5.11. The largest absolute Gasteiger partial charge is 0.493 e. The van der Waals surface area contributed by atoms with Crippen LogP contribution < -0.4 is 15.4 Å². The second-order valence-electron chi connectivity index (χ2n) is 8.09. The van der Waals surface area contributed by atoms with Gasteiger partial charge in [-0.1, -0.05) is 42.5 Å². The molecule has 1 unspecified atom stereocenters. The number of hydrogen-bond donors (Lipinski definition) is 2. The van der Waals surface area contributed by atoms with Crippen molar-refractivity contribution < 1.29 is 9.15 Å². The molecule has 7 heteroatoms. The maximum absolute atomic E-state index is 5.80. The Hall–Kier alpha value is -2.52. The van der Waals surface area contributed by atoms with Gasteiger partial charge in [0.2, 0.25) is 0 Å². The van der Waals surface area contributed by atoms with Crippen molar-refractivity contribution in [1.82, 2.24) is 15.5 Å². The fourth-order valence-corrected chi connectivity index (χ4v) is 4.02. The van der Waals surface area contributed by atoms with Crippen LogP contribution in [0, 0.1) is 0 Å². The number of guanidine groups is 1. The minimum absolute atomic E-state index is 0. The number of halogens is 1. The van der Waals surface area contributed by atoms with Gasteiger partial charge in [0.1, 0.15) is 11.5 Å². The Morgan fingerprint density at radius 1 is 1.03 bits per heavy atom. The minimum Gasteiger partial charge on any atom is -0.493 e. The van der Waals surface area contributed by atoms with Crippen molar-refractivity contribution in [3.63, 3.8) is 0 Å². The van der Waals surface area contributed by atoms with E-state index in [4.69, 9.17) is 14.1 Å². The third-order valence-electron chi connectivity index (χ3n) is 5.59. The summed E-state index contributed by atoms with van der Waals surface area (Å²) in [5, 5.41) is 7.01. The van der Waals surface area contributed by atoms with E-state index >= 15 is 0 Å². The highest BCUT2D eigenvalue weighted by atomic mass is 127. The molecule has 33 heavy (non-hydrogen) atoms. The highest BCUT2D eigenvalue weighted by Gasteiger charge is 2.21. The molecule has 176 valence electrons. The zero-order valence-electron chi connectivity index (χ0n) is 19.3. The summed E-state index contributed by atoms with van der Waals surface area (Å²) in [5.74, 6) is 2.75. The molecule has 0 saturated heterocycles. The summed E-state index contributed by atoms with van der Waals surface area (Å²) in [4.78, 5) is 7.16. The molecular formula is C26H33IN4O2. The first-order valence-electron chi connectivity index (χ1n) is 11.3. The van der Waals surface area contributed by atoms with Gasteiger partial charge in [0.25, 0.3) is 0 Å². The number of rotatable bonds is 8. The van der Waals surface area contributed by atoms with Crippen LogP contribution in [0.2, 0.25) is 0 Å². The van der Waals surface area contributed by atoms with Gasteiger partial charge in [0.15, 0.2) is 5.96 Å². The van der Waals surface area contributed by atoms with Crippen molar-refractivity contribution in [2.24, 2.45) is 4.99 Å². The molecular weight excluding hydrogens is 527 g/mol. The third kappa shape index (κ3) is 6.98. The molecule has 4 rings (SSSR count). The Morgan fingerprint density at radius 2 is 1.82 bits per heavy atom. The molecule has 1 aliphatic rings. The van der Waals surface area contributed by atoms with Gasteiger partial charge in [0.05, 0.1) is 32.0 Å². The molecule has 2 aromatic carbocycles. The van der Waals surface area contributed by atoms with Crippen molar-refractivity contribution in [2.75, 3.05) is 20.2 Å². The molecule has 0 amide bonds.